The second-order valence-electron chi connectivity index (χ2n) is 4.81. The number of likely N-dealkylation sites (tertiary alicyclic amines) is 1. The molecular formula is C12H21N5O. The Kier molecular flexibility index (Phi) is 4.69. The van der Waals surface area contributed by atoms with E-state index in [0.717, 1.165) is 38.9 Å². The number of aromatic nitrogens is 3. The molecule has 1 fully saturated rings. The topological polar surface area (TPSA) is 77.0 Å². The standard InChI is InChI=1S/C12H21N5O/c13-5-1-11-2-6-16(7-3-11)12(18)4-8-17-10-14-9-15-17/h9-11H,1-8,13H2. The molecule has 0 saturated carbocycles. The van der Waals surface area contributed by atoms with Gasteiger partial charge in [-0.3, -0.25) is 9.48 Å². The van der Waals surface area contributed by atoms with E-state index in [1.165, 1.54) is 6.33 Å². The van der Waals surface area contributed by atoms with Crippen LogP contribution in [0.4, 0.5) is 0 Å². The molecule has 100 valence electrons. The van der Waals surface area contributed by atoms with Gasteiger partial charge in [-0.05, 0) is 31.7 Å². The zero-order chi connectivity index (χ0) is 12.8. The molecule has 0 atom stereocenters. The number of aryl methyl sites for hydroxylation is 1. The molecule has 2 heterocycles. The highest BCUT2D eigenvalue weighted by Crippen LogP contribution is 2.20. The molecule has 1 saturated heterocycles. The van der Waals surface area contributed by atoms with Gasteiger partial charge in [0.05, 0.1) is 6.54 Å². The van der Waals surface area contributed by atoms with Crippen LogP contribution >= 0.6 is 0 Å². The summed E-state index contributed by atoms with van der Waals surface area (Å²) in [6, 6.07) is 0. The second-order valence-corrected chi connectivity index (χ2v) is 4.81. The molecular weight excluding hydrogens is 230 g/mol. The van der Waals surface area contributed by atoms with Gasteiger partial charge in [-0.25, -0.2) is 4.98 Å². The van der Waals surface area contributed by atoms with Crippen molar-refractivity contribution in [3.63, 3.8) is 0 Å². The lowest BCUT2D eigenvalue weighted by Gasteiger charge is -2.32. The van der Waals surface area contributed by atoms with Crippen LogP contribution in [0.15, 0.2) is 12.7 Å². The summed E-state index contributed by atoms with van der Waals surface area (Å²) in [5.74, 6) is 0.922. The SMILES string of the molecule is NCCC1CCN(C(=O)CCn2cncn2)CC1. The minimum atomic E-state index is 0.219. The van der Waals surface area contributed by atoms with Crippen LogP contribution in [-0.2, 0) is 11.3 Å². The lowest BCUT2D eigenvalue weighted by Crippen LogP contribution is -2.39. The van der Waals surface area contributed by atoms with E-state index < -0.39 is 0 Å². The number of nitrogens with two attached hydrogens (primary N) is 1. The second kappa shape index (κ2) is 6.49. The number of amides is 1. The number of carbonyl (C=O) groups excluding carboxylic acids is 1. The van der Waals surface area contributed by atoms with E-state index in [2.05, 4.69) is 10.1 Å². The molecule has 0 aromatic carbocycles. The maximum atomic E-state index is 12.0. The first-order valence-corrected chi connectivity index (χ1v) is 6.60. The Labute approximate surface area is 107 Å². The molecule has 0 unspecified atom stereocenters. The molecule has 1 aromatic heterocycles. The first-order chi connectivity index (χ1) is 8.79. The molecule has 6 nitrogen and oxygen atoms in total. The molecule has 1 aliphatic rings. The van der Waals surface area contributed by atoms with Gasteiger partial charge in [-0.15, -0.1) is 0 Å². The van der Waals surface area contributed by atoms with Crippen molar-refractivity contribution in [3.8, 4) is 0 Å². The van der Waals surface area contributed by atoms with E-state index in [1.807, 2.05) is 4.90 Å². The summed E-state index contributed by atoms with van der Waals surface area (Å²) in [6.07, 6.45) is 6.90. The highest BCUT2D eigenvalue weighted by molar-refractivity contribution is 5.76. The Morgan fingerprint density at radius 1 is 1.39 bits per heavy atom. The van der Waals surface area contributed by atoms with Crippen LogP contribution < -0.4 is 5.73 Å². The van der Waals surface area contributed by atoms with Gasteiger partial charge in [-0.1, -0.05) is 0 Å². The molecule has 1 amide bonds. The van der Waals surface area contributed by atoms with Crippen LogP contribution in [-0.4, -0.2) is 45.2 Å². The quantitative estimate of drug-likeness (QED) is 0.814. The number of piperidine rings is 1. The number of rotatable bonds is 5. The summed E-state index contributed by atoms with van der Waals surface area (Å²) in [6.45, 7) is 3.12. The van der Waals surface area contributed by atoms with E-state index >= 15 is 0 Å². The van der Waals surface area contributed by atoms with E-state index in [4.69, 9.17) is 5.73 Å². The summed E-state index contributed by atoms with van der Waals surface area (Å²) in [5, 5.41) is 3.99. The smallest absolute Gasteiger partial charge is 0.224 e. The van der Waals surface area contributed by atoms with Crippen LogP contribution in [0.5, 0.6) is 0 Å². The van der Waals surface area contributed by atoms with E-state index in [1.54, 1.807) is 11.0 Å². The van der Waals surface area contributed by atoms with Gasteiger partial charge < -0.3 is 10.6 Å². The fourth-order valence-corrected chi connectivity index (χ4v) is 2.42. The Hall–Kier alpha value is -1.43. The molecule has 0 bridgehead atoms. The Bertz CT molecular complexity index is 357. The molecule has 2 N–H and O–H groups in total. The molecule has 2 rings (SSSR count). The Morgan fingerprint density at radius 3 is 2.78 bits per heavy atom. The predicted octanol–water partition coefficient (Wildman–Crippen LogP) is 0.256. The molecule has 1 aromatic rings. The average Bonchev–Trinajstić information content (AvgIpc) is 2.90. The van der Waals surface area contributed by atoms with Crippen molar-refractivity contribution in [2.45, 2.75) is 32.2 Å². The van der Waals surface area contributed by atoms with Crippen LogP contribution in [0, 0.1) is 5.92 Å². The third kappa shape index (κ3) is 3.53. The zero-order valence-corrected chi connectivity index (χ0v) is 10.7. The molecule has 0 spiro atoms. The highest BCUT2D eigenvalue weighted by atomic mass is 16.2. The summed E-state index contributed by atoms with van der Waals surface area (Å²) in [4.78, 5) is 17.8. The van der Waals surface area contributed by atoms with Crippen LogP contribution in [0.1, 0.15) is 25.7 Å². The number of carbonyl (C=O) groups is 1. The van der Waals surface area contributed by atoms with Crippen LogP contribution in [0.2, 0.25) is 0 Å². The number of hydrogen-bond acceptors (Lipinski definition) is 4. The van der Waals surface area contributed by atoms with Gasteiger partial charge in [0, 0.05) is 19.5 Å². The average molecular weight is 251 g/mol. The minimum Gasteiger partial charge on any atom is -0.343 e. The largest absolute Gasteiger partial charge is 0.343 e. The summed E-state index contributed by atoms with van der Waals surface area (Å²) < 4.78 is 1.69. The third-order valence-electron chi connectivity index (χ3n) is 3.56. The normalized spacial score (nSPS) is 17.1. The van der Waals surface area contributed by atoms with Crippen molar-refractivity contribution in [3.05, 3.63) is 12.7 Å². The summed E-state index contributed by atoms with van der Waals surface area (Å²) in [7, 11) is 0. The number of nitrogens with zero attached hydrogens (tertiary/aromatic N) is 4. The summed E-state index contributed by atoms with van der Waals surface area (Å²) >= 11 is 0. The Morgan fingerprint density at radius 2 is 2.17 bits per heavy atom. The highest BCUT2D eigenvalue weighted by Gasteiger charge is 2.21. The van der Waals surface area contributed by atoms with Crippen molar-refractivity contribution >= 4 is 5.91 Å². The lowest BCUT2D eigenvalue weighted by atomic mass is 9.93. The van der Waals surface area contributed by atoms with Crippen molar-refractivity contribution < 1.29 is 4.79 Å². The Balaban J connectivity index is 1.70. The van der Waals surface area contributed by atoms with Gasteiger partial charge in [0.2, 0.25) is 5.91 Å². The lowest BCUT2D eigenvalue weighted by molar-refractivity contribution is -0.132. The fraction of sp³-hybridized carbons (Fsp3) is 0.750. The monoisotopic (exact) mass is 251 g/mol. The maximum Gasteiger partial charge on any atom is 0.224 e. The van der Waals surface area contributed by atoms with Gasteiger partial charge in [-0.2, -0.15) is 5.10 Å². The molecule has 0 radical (unpaired) electrons. The fourth-order valence-electron chi connectivity index (χ4n) is 2.42. The van der Waals surface area contributed by atoms with Crippen molar-refractivity contribution in [1.82, 2.24) is 19.7 Å². The first-order valence-electron chi connectivity index (χ1n) is 6.60. The van der Waals surface area contributed by atoms with Gasteiger partial charge in [0.25, 0.3) is 0 Å². The number of hydrogen-bond donors (Lipinski definition) is 1. The van der Waals surface area contributed by atoms with Crippen molar-refractivity contribution in [1.29, 1.82) is 0 Å². The molecule has 6 heteroatoms. The predicted molar refractivity (Wildman–Crippen MR) is 67.6 cm³/mol. The molecule has 1 aliphatic heterocycles. The maximum absolute atomic E-state index is 12.0. The van der Waals surface area contributed by atoms with Crippen LogP contribution in [0.3, 0.4) is 0 Å². The van der Waals surface area contributed by atoms with E-state index in [9.17, 15) is 4.79 Å². The van der Waals surface area contributed by atoms with E-state index in [0.29, 0.717) is 18.9 Å². The van der Waals surface area contributed by atoms with Crippen molar-refractivity contribution in [2.75, 3.05) is 19.6 Å². The summed E-state index contributed by atoms with van der Waals surface area (Å²) in [5.41, 5.74) is 5.56. The minimum absolute atomic E-state index is 0.219. The zero-order valence-electron chi connectivity index (χ0n) is 10.7. The molecule has 18 heavy (non-hydrogen) atoms. The van der Waals surface area contributed by atoms with Crippen molar-refractivity contribution in [2.24, 2.45) is 11.7 Å². The first kappa shape index (κ1) is 13.0. The van der Waals surface area contributed by atoms with Gasteiger partial charge >= 0.3 is 0 Å². The van der Waals surface area contributed by atoms with Gasteiger partial charge in [0.1, 0.15) is 12.7 Å². The van der Waals surface area contributed by atoms with E-state index in [-0.39, 0.29) is 5.91 Å². The molecule has 0 aliphatic carbocycles. The van der Waals surface area contributed by atoms with Gasteiger partial charge in [0.15, 0.2) is 0 Å². The van der Waals surface area contributed by atoms with Crippen LogP contribution in [0.25, 0.3) is 0 Å². The third-order valence-corrected chi connectivity index (χ3v) is 3.56.